The molecule has 1 aliphatic heterocycles. The van der Waals surface area contributed by atoms with Crippen LogP contribution in [0.15, 0.2) is 30.5 Å². The Morgan fingerprint density at radius 1 is 1.39 bits per heavy atom. The number of aromatic nitrogens is 3. The highest BCUT2D eigenvalue weighted by atomic mass is 19.3. The molecule has 1 aromatic heterocycles. The molecule has 1 N–H and O–H groups in total. The van der Waals surface area contributed by atoms with Crippen LogP contribution >= 0.6 is 0 Å². The lowest BCUT2D eigenvalue weighted by Crippen LogP contribution is -2.39. The fourth-order valence-electron chi connectivity index (χ4n) is 3.25. The van der Waals surface area contributed by atoms with Gasteiger partial charge in [0.1, 0.15) is 5.75 Å². The van der Waals surface area contributed by atoms with E-state index in [1.54, 1.807) is 24.3 Å². The lowest BCUT2D eigenvalue weighted by molar-refractivity contribution is -0.132. The number of rotatable bonds is 6. The van der Waals surface area contributed by atoms with Crippen molar-refractivity contribution in [3.63, 3.8) is 0 Å². The SMILES string of the molecule is CNC(=O)c1cn(CC2CC(F)(F)CN2C(=O)Cc2cccc(OC)c2)nn1. The lowest BCUT2D eigenvalue weighted by Gasteiger charge is -2.24. The standard InChI is InChI=1S/C18H21F2N5O3/c1-21-17(27)15-10-24(23-22-15)9-13-8-18(19,20)11-25(13)16(26)7-12-4-3-5-14(6-12)28-2/h3-6,10,13H,7-9,11H2,1-2H3,(H,21,27). The average molecular weight is 393 g/mol. The molecule has 1 unspecified atom stereocenters. The number of hydrogen-bond acceptors (Lipinski definition) is 5. The minimum Gasteiger partial charge on any atom is -0.497 e. The van der Waals surface area contributed by atoms with E-state index in [9.17, 15) is 18.4 Å². The molecule has 0 saturated carbocycles. The quantitative estimate of drug-likeness (QED) is 0.795. The van der Waals surface area contributed by atoms with Crippen molar-refractivity contribution in [1.82, 2.24) is 25.2 Å². The minimum atomic E-state index is -2.97. The van der Waals surface area contributed by atoms with Crippen LogP contribution in [0, 0.1) is 0 Å². The van der Waals surface area contributed by atoms with Gasteiger partial charge in [-0.05, 0) is 17.7 Å². The van der Waals surface area contributed by atoms with Gasteiger partial charge in [0.05, 0.1) is 38.9 Å². The molecule has 3 rings (SSSR count). The Morgan fingerprint density at radius 2 is 2.18 bits per heavy atom. The molecule has 2 heterocycles. The zero-order valence-corrected chi connectivity index (χ0v) is 15.6. The predicted molar refractivity (Wildman–Crippen MR) is 95.2 cm³/mol. The Balaban J connectivity index is 1.73. The van der Waals surface area contributed by atoms with Crippen LogP contribution in [0.1, 0.15) is 22.5 Å². The van der Waals surface area contributed by atoms with Crippen molar-refractivity contribution < 1.29 is 23.1 Å². The Hall–Kier alpha value is -3.04. The zero-order chi connectivity index (χ0) is 20.3. The molecule has 1 aliphatic rings. The first-order valence-corrected chi connectivity index (χ1v) is 8.74. The third kappa shape index (κ3) is 4.44. The van der Waals surface area contributed by atoms with E-state index in [4.69, 9.17) is 4.74 Å². The Morgan fingerprint density at radius 3 is 2.89 bits per heavy atom. The molecule has 1 fully saturated rings. The van der Waals surface area contributed by atoms with E-state index in [0.29, 0.717) is 11.3 Å². The third-order valence-corrected chi connectivity index (χ3v) is 4.58. The van der Waals surface area contributed by atoms with Crippen LogP contribution in [0.3, 0.4) is 0 Å². The smallest absolute Gasteiger partial charge is 0.273 e. The highest BCUT2D eigenvalue weighted by Gasteiger charge is 2.47. The first-order valence-electron chi connectivity index (χ1n) is 8.74. The van der Waals surface area contributed by atoms with Gasteiger partial charge >= 0.3 is 0 Å². The van der Waals surface area contributed by atoms with Crippen molar-refractivity contribution in [3.05, 3.63) is 41.7 Å². The molecule has 150 valence electrons. The van der Waals surface area contributed by atoms with Gasteiger partial charge in [-0.1, -0.05) is 17.3 Å². The molecule has 1 saturated heterocycles. The van der Waals surface area contributed by atoms with Crippen LogP contribution < -0.4 is 10.1 Å². The number of carbonyl (C=O) groups excluding carboxylic acids is 2. The second kappa shape index (κ2) is 7.91. The number of likely N-dealkylation sites (tertiary alicyclic amines) is 1. The van der Waals surface area contributed by atoms with Crippen molar-refractivity contribution in [1.29, 1.82) is 0 Å². The largest absolute Gasteiger partial charge is 0.497 e. The van der Waals surface area contributed by atoms with Gasteiger partial charge in [0, 0.05) is 13.5 Å². The normalized spacial score (nSPS) is 18.1. The van der Waals surface area contributed by atoms with Gasteiger partial charge in [0.2, 0.25) is 5.91 Å². The molecule has 10 heteroatoms. The van der Waals surface area contributed by atoms with Crippen molar-refractivity contribution in [2.45, 2.75) is 31.4 Å². The fourth-order valence-corrected chi connectivity index (χ4v) is 3.25. The number of halogens is 2. The Labute approximate surface area is 160 Å². The average Bonchev–Trinajstić information content (AvgIpc) is 3.25. The van der Waals surface area contributed by atoms with Crippen LogP contribution in [0.25, 0.3) is 0 Å². The van der Waals surface area contributed by atoms with Crippen LogP contribution in [0.5, 0.6) is 5.75 Å². The summed E-state index contributed by atoms with van der Waals surface area (Å²) in [6.07, 6.45) is 0.899. The zero-order valence-electron chi connectivity index (χ0n) is 15.6. The summed E-state index contributed by atoms with van der Waals surface area (Å²) in [5, 5.41) is 9.94. The van der Waals surface area contributed by atoms with E-state index in [1.165, 1.54) is 29.9 Å². The minimum absolute atomic E-state index is 0.00930. The second-order valence-electron chi connectivity index (χ2n) is 6.67. The van der Waals surface area contributed by atoms with Crippen molar-refractivity contribution in [3.8, 4) is 5.75 Å². The number of hydrogen-bond donors (Lipinski definition) is 1. The van der Waals surface area contributed by atoms with Gasteiger partial charge in [-0.3, -0.25) is 9.59 Å². The number of carbonyl (C=O) groups is 2. The van der Waals surface area contributed by atoms with Crippen molar-refractivity contribution in [2.24, 2.45) is 0 Å². The fraction of sp³-hybridized carbons (Fsp3) is 0.444. The molecule has 1 atom stereocenters. The summed E-state index contributed by atoms with van der Waals surface area (Å²) in [6.45, 7) is -0.610. The van der Waals surface area contributed by atoms with E-state index in [1.807, 2.05) is 0 Å². The predicted octanol–water partition coefficient (Wildman–Crippen LogP) is 1.13. The van der Waals surface area contributed by atoms with E-state index in [2.05, 4.69) is 15.6 Å². The molecule has 2 aromatic rings. The maximum Gasteiger partial charge on any atom is 0.273 e. The molecule has 0 radical (unpaired) electrons. The number of methoxy groups -OCH3 is 1. The van der Waals surface area contributed by atoms with Gasteiger partial charge in [-0.15, -0.1) is 5.10 Å². The number of nitrogens with zero attached hydrogens (tertiary/aromatic N) is 4. The van der Waals surface area contributed by atoms with E-state index in [0.717, 1.165) is 0 Å². The summed E-state index contributed by atoms with van der Waals surface area (Å²) in [4.78, 5) is 25.5. The van der Waals surface area contributed by atoms with Gasteiger partial charge in [-0.25, -0.2) is 13.5 Å². The highest BCUT2D eigenvalue weighted by molar-refractivity contribution is 5.91. The number of ether oxygens (including phenoxy) is 1. The summed E-state index contributed by atoms with van der Waals surface area (Å²) < 4.78 is 34.5. The van der Waals surface area contributed by atoms with Gasteiger partial charge in [0.15, 0.2) is 5.69 Å². The summed E-state index contributed by atoms with van der Waals surface area (Å²) in [7, 11) is 2.97. The van der Waals surface area contributed by atoms with E-state index < -0.39 is 36.7 Å². The number of benzene rings is 1. The lowest BCUT2D eigenvalue weighted by atomic mass is 10.1. The summed E-state index contributed by atoms with van der Waals surface area (Å²) in [5.74, 6) is -3.20. The molecule has 0 spiro atoms. The van der Waals surface area contributed by atoms with Crippen molar-refractivity contribution >= 4 is 11.8 Å². The maximum atomic E-state index is 14.0. The molecule has 0 aliphatic carbocycles. The van der Waals surface area contributed by atoms with Gasteiger partial charge in [-0.2, -0.15) is 0 Å². The Kier molecular flexibility index (Phi) is 5.57. The first kappa shape index (κ1) is 19.7. The maximum absolute atomic E-state index is 14.0. The highest BCUT2D eigenvalue weighted by Crippen LogP contribution is 2.33. The van der Waals surface area contributed by atoms with E-state index >= 15 is 0 Å². The molecule has 1 aromatic carbocycles. The molecular weight excluding hydrogens is 372 g/mol. The first-order chi connectivity index (χ1) is 13.3. The summed E-state index contributed by atoms with van der Waals surface area (Å²) in [6, 6.07) is 6.19. The van der Waals surface area contributed by atoms with Crippen molar-refractivity contribution in [2.75, 3.05) is 20.7 Å². The Bertz CT molecular complexity index is 870. The van der Waals surface area contributed by atoms with Crippen LogP contribution in [0.2, 0.25) is 0 Å². The third-order valence-electron chi connectivity index (χ3n) is 4.58. The second-order valence-corrected chi connectivity index (χ2v) is 6.67. The van der Waals surface area contributed by atoms with Gasteiger partial charge in [0.25, 0.3) is 11.8 Å². The molecule has 0 bridgehead atoms. The van der Waals surface area contributed by atoms with Crippen LogP contribution in [-0.2, 0) is 17.8 Å². The number of amides is 2. The van der Waals surface area contributed by atoms with E-state index in [-0.39, 0.29) is 18.7 Å². The monoisotopic (exact) mass is 393 g/mol. The number of alkyl halides is 2. The molecule has 8 nitrogen and oxygen atoms in total. The molecular formula is C18H21F2N5O3. The topological polar surface area (TPSA) is 89.4 Å². The van der Waals surface area contributed by atoms with Gasteiger partial charge < -0.3 is 15.0 Å². The van der Waals surface area contributed by atoms with Crippen LogP contribution in [-0.4, -0.2) is 64.4 Å². The van der Waals surface area contributed by atoms with Crippen LogP contribution in [0.4, 0.5) is 8.78 Å². The molecule has 2 amide bonds. The summed E-state index contributed by atoms with van der Waals surface area (Å²) >= 11 is 0. The molecule has 28 heavy (non-hydrogen) atoms. The summed E-state index contributed by atoms with van der Waals surface area (Å²) in [5.41, 5.74) is 0.766. The number of nitrogens with one attached hydrogen (secondary N) is 1.